The van der Waals surface area contributed by atoms with Crippen molar-refractivity contribution >= 4 is 29.0 Å². The lowest BCUT2D eigenvalue weighted by Crippen LogP contribution is -2.43. The van der Waals surface area contributed by atoms with Crippen molar-refractivity contribution in [3.8, 4) is 0 Å². The molecule has 190 valence electrons. The van der Waals surface area contributed by atoms with E-state index in [0.29, 0.717) is 25.9 Å². The number of pyridine rings is 1. The van der Waals surface area contributed by atoms with E-state index in [1.54, 1.807) is 6.92 Å². The maximum absolute atomic E-state index is 13.3. The number of aryl methyl sites for hydroxylation is 1. The third kappa shape index (κ3) is 5.58. The van der Waals surface area contributed by atoms with Crippen LogP contribution in [0.1, 0.15) is 50.3 Å². The number of unbranched alkanes of at least 4 members (excludes halogenated alkanes) is 1. The van der Waals surface area contributed by atoms with E-state index in [1.807, 2.05) is 48.9 Å². The number of amides is 1. The van der Waals surface area contributed by atoms with Crippen LogP contribution in [0.15, 0.2) is 55.0 Å². The van der Waals surface area contributed by atoms with Crippen molar-refractivity contribution in [1.82, 2.24) is 9.38 Å². The summed E-state index contributed by atoms with van der Waals surface area (Å²) in [7, 11) is 1.33. The van der Waals surface area contributed by atoms with Gasteiger partial charge >= 0.3 is 11.9 Å². The average molecular weight is 492 g/mol. The summed E-state index contributed by atoms with van der Waals surface area (Å²) in [5.74, 6) is -1.26. The molecule has 3 heterocycles. The molecule has 1 aliphatic heterocycles. The second-order valence-corrected chi connectivity index (χ2v) is 9.07. The van der Waals surface area contributed by atoms with Gasteiger partial charge in [-0.2, -0.15) is 0 Å². The van der Waals surface area contributed by atoms with Gasteiger partial charge in [-0.3, -0.25) is 14.5 Å². The number of esters is 2. The molecule has 0 spiro atoms. The molecule has 0 saturated carbocycles. The maximum Gasteiger partial charge on any atom is 0.329 e. The molecule has 0 radical (unpaired) electrons. The fraction of sp³-hybridized carbons (Fsp3) is 0.429. The molecule has 0 bridgehead atoms. The highest BCUT2D eigenvalue weighted by Crippen LogP contribution is 2.33. The molecular formula is C28H33N3O5. The lowest BCUT2D eigenvalue weighted by Gasteiger charge is -2.24. The number of hydrogen-bond donors (Lipinski definition) is 0. The monoisotopic (exact) mass is 491 g/mol. The highest BCUT2D eigenvalue weighted by atomic mass is 16.5. The Bertz CT molecular complexity index is 1220. The number of carbonyl (C=O) groups excluding carboxylic acids is 3. The van der Waals surface area contributed by atoms with Crippen LogP contribution in [-0.2, 0) is 36.7 Å². The quantitative estimate of drug-likeness (QED) is 0.296. The van der Waals surface area contributed by atoms with Crippen LogP contribution in [0.4, 0.5) is 5.69 Å². The molecule has 2 atom stereocenters. The zero-order chi connectivity index (χ0) is 25.5. The highest BCUT2D eigenvalue weighted by molar-refractivity contribution is 6.02. The first-order chi connectivity index (χ1) is 17.5. The lowest BCUT2D eigenvalue weighted by molar-refractivity contribution is -0.149. The van der Waals surface area contributed by atoms with Crippen LogP contribution in [0.5, 0.6) is 0 Å². The summed E-state index contributed by atoms with van der Waals surface area (Å²) in [4.78, 5) is 44.1. The van der Waals surface area contributed by atoms with Crippen LogP contribution in [0.2, 0.25) is 0 Å². The minimum absolute atomic E-state index is 0.152. The third-order valence-electron chi connectivity index (χ3n) is 6.81. The van der Waals surface area contributed by atoms with Crippen LogP contribution in [-0.4, -0.2) is 47.0 Å². The van der Waals surface area contributed by atoms with Crippen molar-refractivity contribution in [2.45, 2.75) is 57.9 Å². The van der Waals surface area contributed by atoms with Gasteiger partial charge in [0.2, 0.25) is 5.91 Å². The maximum atomic E-state index is 13.3. The molecule has 1 amide bonds. The van der Waals surface area contributed by atoms with Gasteiger partial charge in [0.15, 0.2) is 0 Å². The smallest absolute Gasteiger partial charge is 0.329 e. The number of ether oxygens (including phenoxy) is 2. The number of aromatic nitrogens is 2. The molecule has 36 heavy (non-hydrogen) atoms. The van der Waals surface area contributed by atoms with Crippen LogP contribution in [0.25, 0.3) is 5.52 Å². The van der Waals surface area contributed by atoms with Gasteiger partial charge in [0, 0.05) is 24.2 Å². The fourth-order valence-electron chi connectivity index (χ4n) is 4.98. The number of carbonyl (C=O) groups is 3. The largest absolute Gasteiger partial charge is 0.467 e. The summed E-state index contributed by atoms with van der Waals surface area (Å²) in [6.45, 7) is 2.09. The molecule has 1 aliphatic rings. The zero-order valence-corrected chi connectivity index (χ0v) is 20.9. The van der Waals surface area contributed by atoms with E-state index >= 15 is 0 Å². The van der Waals surface area contributed by atoms with Gasteiger partial charge in [-0.05, 0) is 56.4 Å². The molecule has 1 aromatic carbocycles. The van der Waals surface area contributed by atoms with E-state index < -0.39 is 12.0 Å². The normalized spacial score (nSPS) is 15.5. The molecule has 8 nitrogen and oxygen atoms in total. The molecule has 4 rings (SSSR count). The van der Waals surface area contributed by atoms with Crippen molar-refractivity contribution < 1.29 is 23.9 Å². The summed E-state index contributed by atoms with van der Waals surface area (Å²) < 4.78 is 12.3. The Morgan fingerprint density at radius 3 is 2.72 bits per heavy atom. The summed E-state index contributed by atoms with van der Waals surface area (Å²) in [5, 5.41) is 0. The highest BCUT2D eigenvalue weighted by Gasteiger charge is 2.39. The van der Waals surface area contributed by atoms with Gasteiger partial charge in [-0.1, -0.05) is 30.7 Å². The Kier molecular flexibility index (Phi) is 8.36. The Morgan fingerprint density at radius 1 is 1.08 bits per heavy atom. The average Bonchev–Trinajstić information content (AvgIpc) is 3.53. The number of methoxy groups -OCH3 is 1. The van der Waals surface area contributed by atoms with Gasteiger partial charge in [0.25, 0.3) is 0 Å². The first-order valence-electron chi connectivity index (χ1n) is 12.6. The molecule has 0 fully saturated rings. The summed E-state index contributed by atoms with van der Waals surface area (Å²) in [5.41, 5.74) is 3.91. The third-order valence-corrected chi connectivity index (χ3v) is 6.81. The van der Waals surface area contributed by atoms with E-state index in [2.05, 4.69) is 15.5 Å². The van der Waals surface area contributed by atoms with Crippen LogP contribution in [0, 0.1) is 5.92 Å². The molecule has 0 saturated heterocycles. The van der Waals surface area contributed by atoms with E-state index in [-0.39, 0.29) is 24.2 Å². The van der Waals surface area contributed by atoms with Crippen molar-refractivity contribution in [2.24, 2.45) is 5.92 Å². The number of nitrogens with zero attached hydrogens (tertiary/aromatic N) is 3. The number of imidazole rings is 1. The van der Waals surface area contributed by atoms with Gasteiger partial charge < -0.3 is 13.9 Å². The molecule has 8 heteroatoms. The second kappa shape index (κ2) is 11.8. The zero-order valence-electron chi connectivity index (χ0n) is 20.9. The first-order valence-corrected chi connectivity index (χ1v) is 12.6. The number of hydrogen-bond acceptors (Lipinski definition) is 6. The van der Waals surface area contributed by atoms with Crippen LogP contribution in [0.3, 0.4) is 0 Å². The fourth-order valence-corrected chi connectivity index (χ4v) is 4.98. The van der Waals surface area contributed by atoms with Gasteiger partial charge in [0.1, 0.15) is 6.04 Å². The number of benzene rings is 1. The Hall–Kier alpha value is -3.68. The summed E-state index contributed by atoms with van der Waals surface area (Å²) >= 11 is 0. The lowest BCUT2D eigenvalue weighted by atomic mass is 9.95. The number of fused-ring (bicyclic) bond motifs is 2. The van der Waals surface area contributed by atoms with Crippen LogP contribution < -0.4 is 4.90 Å². The van der Waals surface area contributed by atoms with E-state index in [0.717, 1.165) is 36.0 Å². The first kappa shape index (κ1) is 25.4. The van der Waals surface area contributed by atoms with Gasteiger partial charge in [0.05, 0.1) is 37.7 Å². The van der Waals surface area contributed by atoms with Crippen molar-refractivity contribution in [1.29, 1.82) is 0 Å². The predicted octanol–water partition coefficient (Wildman–Crippen LogP) is 4.14. The molecule has 3 aromatic rings. The molecule has 1 unspecified atom stereocenters. The Balaban J connectivity index is 1.37. The number of anilines is 1. The minimum Gasteiger partial charge on any atom is -0.467 e. The molecule has 0 N–H and O–H groups in total. The second-order valence-electron chi connectivity index (χ2n) is 9.07. The number of para-hydroxylation sites is 1. The van der Waals surface area contributed by atoms with E-state index in [9.17, 15) is 14.4 Å². The summed E-state index contributed by atoms with van der Waals surface area (Å²) in [6.07, 6.45) is 7.86. The Labute approximate surface area is 211 Å². The standard InChI is InChI=1S/C28H33N3O5/c1-3-36-27(33)20(9-4-6-11-22-12-8-13-23-18-29-19-30(22)23)15-16-26(32)31-24-14-7-5-10-21(24)17-25(31)28(34)35-2/h5,7-8,10,12-14,18-20,25H,3-4,6,9,11,15-17H2,1-2H3/t20?,25-/m0/s1. The topological polar surface area (TPSA) is 90.2 Å². The SMILES string of the molecule is CCOC(=O)C(CCCCc1cccc2cncn12)CCC(=O)N1c2ccccc2C[C@H]1C(=O)OC. The van der Waals surface area contributed by atoms with Gasteiger partial charge in [-0.15, -0.1) is 0 Å². The summed E-state index contributed by atoms with van der Waals surface area (Å²) in [6, 6.07) is 13.0. The van der Waals surface area contributed by atoms with Gasteiger partial charge in [-0.25, -0.2) is 9.78 Å². The van der Waals surface area contributed by atoms with Crippen molar-refractivity contribution in [3.63, 3.8) is 0 Å². The van der Waals surface area contributed by atoms with E-state index in [4.69, 9.17) is 9.47 Å². The van der Waals surface area contributed by atoms with Crippen LogP contribution >= 0.6 is 0 Å². The van der Waals surface area contributed by atoms with Crippen molar-refractivity contribution in [2.75, 3.05) is 18.6 Å². The van der Waals surface area contributed by atoms with E-state index in [1.165, 1.54) is 17.7 Å². The molecular weight excluding hydrogens is 458 g/mol. The molecule has 0 aliphatic carbocycles. The molecule has 2 aromatic heterocycles. The Morgan fingerprint density at radius 2 is 1.92 bits per heavy atom. The minimum atomic E-state index is -0.674. The number of rotatable bonds is 11. The van der Waals surface area contributed by atoms with Crippen molar-refractivity contribution in [3.05, 3.63) is 66.2 Å². The predicted molar refractivity (Wildman–Crippen MR) is 136 cm³/mol.